The lowest BCUT2D eigenvalue weighted by molar-refractivity contribution is -0.119. The van der Waals surface area contributed by atoms with Crippen LogP contribution in [0.2, 0.25) is 0 Å². The first kappa shape index (κ1) is 16.2. The largest absolute Gasteiger partial charge is 0.368 e. The van der Waals surface area contributed by atoms with Crippen LogP contribution >= 0.6 is 11.3 Å². The van der Waals surface area contributed by atoms with Crippen molar-refractivity contribution in [2.45, 2.75) is 18.9 Å². The molecule has 1 aromatic carbocycles. The highest BCUT2D eigenvalue weighted by atomic mass is 32.1. The zero-order chi connectivity index (χ0) is 16.9. The van der Waals surface area contributed by atoms with E-state index in [2.05, 4.69) is 15.8 Å². The van der Waals surface area contributed by atoms with Crippen molar-refractivity contribution >= 4 is 34.6 Å². The smallest absolute Gasteiger partial charge is 0.267 e. The second-order valence-electron chi connectivity index (χ2n) is 5.49. The van der Waals surface area contributed by atoms with E-state index in [1.807, 2.05) is 41.8 Å². The average molecular weight is 342 g/mol. The van der Waals surface area contributed by atoms with E-state index in [1.54, 1.807) is 11.3 Å². The minimum atomic E-state index is -0.634. The maximum atomic E-state index is 12.3. The van der Waals surface area contributed by atoms with Gasteiger partial charge in [0.2, 0.25) is 5.91 Å². The van der Waals surface area contributed by atoms with Crippen LogP contribution in [-0.4, -0.2) is 30.1 Å². The Hall–Kier alpha value is -2.67. The molecule has 124 valence electrons. The number of hydrazone groups is 1. The molecule has 0 radical (unpaired) electrons. The fourth-order valence-corrected chi connectivity index (χ4v) is 3.25. The minimum Gasteiger partial charge on any atom is -0.368 e. The van der Waals surface area contributed by atoms with Gasteiger partial charge in [0.1, 0.15) is 11.8 Å². The highest BCUT2D eigenvalue weighted by molar-refractivity contribution is 7.07. The van der Waals surface area contributed by atoms with Gasteiger partial charge >= 0.3 is 0 Å². The van der Waals surface area contributed by atoms with Crippen LogP contribution in [-0.2, 0) is 16.0 Å². The van der Waals surface area contributed by atoms with Crippen molar-refractivity contribution in [3.05, 3.63) is 52.7 Å². The van der Waals surface area contributed by atoms with Crippen LogP contribution in [0.15, 0.2) is 52.3 Å². The average Bonchev–Trinajstić information content (AvgIpc) is 3.25. The number of nitrogens with two attached hydrogens (primary N) is 1. The summed E-state index contributed by atoms with van der Waals surface area (Å²) < 4.78 is 0. The Labute approximate surface area is 144 Å². The Bertz CT molecular complexity index is 743. The molecule has 0 saturated heterocycles. The lowest BCUT2D eigenvalue weighted by Gasteiger charge is -2.20. The van der Waals surface area contributed by atoms with E-state index in [0.29, 0.717) is 12.3 Å². The lowest BCUT2D eigenvalue weighted by Crippen LogP contribution is -2.40. The van der Waals surface area contributed by atoms with Crippen molar-refractivity contribution in [3.63, 3.8) is 0 Å². The molecule has 3 N–H and O–H groups in total. The van der Waals surface area contributed by atoms with Gasteiger partial charge in [-0.2, -0.15) is 16.4 Å². The summed E-state index contributed by atoms with van der Waals surface area (Å²) in [5.41, 5.74) is 7.72. The number of para-hydroxylation sites is 1. The molecule has 0 bridgehead atoms. The zero-order valence-corrected chi connectivity index (χ0v) is 13.8. The predicted octanol–water partition coefficient (Wildman–Crippen LogP) is 1.53. The number of primary amides is 1. The van der Waals surface area contributed by atoms with Gasteiger partial charge in [0.25, 0.3) is 5.91 Å². The molecule has 3 rings (SSSR count). The number of anilines is 1. The normalized spacial score (nSPS) is 16.8. The quantitative estimate of drug-likeness (QED) is 0.834. The molecule has 6 nitrogen and oxygen atoms in total. The van der Waals surface area contributed by atoms with E-state index in [1.165, 1.54) is 10.6 Å². The number of thiophene rings is 1. The fourth-order valence-electron chi connectivity index (χ4n) is 2.55. The van der Waals surface area contributed by atoms with Gasteiger partial charge in [-0.25, -0.2) is 0 Å². The van der Waals surface area contributed by atoms with Crippen molar-refractivity contribution < 1.29 is 9.59 Å². The van der Waals surface area contributed by atoms with E-state index in [9.17, 15) is 9.59 Å². The van der Waals surface area contributed by atoms with E-state index in [0.717, 1.165) is 12.1 Å². The van der Waals surface area contributed by atoms with Crippen LogP contribution in [0, 0.1) is 0 Å². The van der Waals surface area contributed by atoms with Crippen LogP contribution in [0.4, 0.5) is 5.69 Å². The number of benzene rings is 1. The Kier molecular flexibility index (Phi) is 4.90. The first-order valence-electron chi connectivity index (χ1n) is 7.65. The van der Waals surface area contributed by atoms with Gasteiger partial charge in [0.15, 0.2) is 0 Å². The zero-order valence-electron chi connectivity index (χ0n) is 13.0. The first-order chi connectivity index (χ1) is 11.6. The molecular weight excluding hydrogens is 324 g/mol. The van der Waals surface area contributed by atoms with Gasteiger partial charge in [-0.1, -0.05) is 18.2 Å². The number of nitrogens with one attached hydrogen (secondary N) is 1. The predicted molar refractivity (Wildman–Crippen MR) is 95.0 cm³/mol. The molecule has 2 amide bonds. The molecule has 1 aliphatic heterocycles. The monoisotopic (exact) mass is 342 g/mol. The molecule has 1 unspecified atom stereocenters. The fraction of sp³-hybridized carbons (Fsp3) is 0.235. The molecule has 0 fully saturated rings. The van der Waals surface area contributed by atoms with Crippen molar-refractivity contribution in [2.24, 2.45) is 10.8 Å². The number of rotatable bonds is 6. The van der Waals surface area contributed by atoms with Crippen molar-refractivity contribution in [1.29, 1.82) is 0 Å². The molecule has 0 saturated carbocycles. The molecule has 1 aliphatic rings. The molecule has 1 aromatic heterocycles. The molecule has 7 heteroatoms. The summed E-state index contributed by atoms with van der Waals surface area (Å²) in [5, 5.41) is 12.8. The molecular formula is C17H18N4O2S. The summed E-state index contributed by atoms with van der Waals surface area (Å²) >= 11 is 1.63. The highest BCUT2D eigenvalue weighted by Crippen LogP contribution is 2.24. The lowest BCUT2D eigenvalue weighted by atomic mass is 10.1. The summed E-state index contributed by atoms with van der Waals surface area (Å²) in [7, 11) is 0. The van der Waals surface area contributed by atoms with Crippen LogP contribution in [0.25, 0.3) is 0 Å². The first-order valence-corrected chi connectivity index (χ1v) is 8.60. The van der Waals surface area contributed by atoms with Crippen molar-refractivity contribution in [3.8, 4) is 0 Å². The second kappa shape index (κ2) is 7.27. The standard InChI is InChI=1S/C17H18N4O2S/c18-16(22)15-10-14(20-21(15)13-4-2-1-3-5-13)17(23)19-8-6-12-7-9-24-11-12/h1-5,7,9,11,15H,6,8,10H2,(H2,18,22)(H,19,23). The van der Waals surface area contributed by atoms with Gasteiger partial charge in [0, 0.05) is 13.0 Å². The topological polar surface area (TPSA) is 87.8 Å². The maximum Gasteiger partial charge on any atom is 0.267 e. The summed E-state index contributed by atoms with van der Waals surface area (Å²) in [6.07, 6.45) is 0.985. The Morgan fingerprint density at radius 1 is 1.29 bits per heavy atom. The number of nitrogens with zero attached hydrogens (tertiary/aromatic N) is 2. The maximum absolute atomic E-state index is 12.3. The summed E-state index contributed by atoms with van der Waals surface area (Å²) in [4.78, 5) is 24.0. The molecule has 1 atom stereocenters. The van der Waals surface area contributed by atoms with E-state index < -0.39 is 11.9 Å². The highest BCUT2D eigenvalue weighted by Gasteiger charge is 2.34. The number of carbonyl (C=O) groups excluding carboxylic acids is 2. The Morgan fingerprint density at radius 2 is 2.08 bits per heavy atom. The minimum absolute atomic E-state index is 0.217. The van der Waals surface area contributed by atoms with E-state index >= 15 is 0 Å². The van der Waals surface area contributed by atoms with E-state index in [-0.39, 0.29) is 12.3 Å². The third-order valence-corrected chi connectivity index (χ3v) is 4.53. The van der Waals surface area contributed by atoms with Crippen LogP contribution in [0.5, 0.6) is 0 Å². The van der Waals surface area contributed by atoms with E-state index in [4.69, 9.17) is 5.73 Å². The summed E-state index contributed by atoms with van der Waals surface area (Å²) in [6, 6.07) is 10.6. The number of amides is 2. The number of hydrogen-bond donors (Lipinski definition) is 2. The molecule has 2 aromatic rings. The van der Waals surface area contributed by atoms with Crippen LogP contribution in [0.3, 0.4) is 0 Å². The van der Waals surface area contributed by atoms with Crippen LogP contribution in [0.1, 0.15) is 12.0 Å². The third kappa shape index (κ3) is 3.62. The van der Waals surface area contributed by atoms with Crippen LogP contribution < -0.4 is 16.1 Å². The Balaban J connectivity index is 1.66. The third-order valence-electron chi connectivity index (χ3n) is 3.80. The molecule has 2 heterocycles. The van der Waals surface area contributed by atoms with Gasteiger partial charge < -0.3 is 11.1 Å². The van der Waals surface area contributed by atoms with Gasteiger partial charge in [-0.3, -0.25) is 14.6 Å². The number of carbonyl (C=O) groups is 2. The Morgan fingerprint density at radius 3 is 2.75 bits per heavy atom. The van der Waals surface area contributed by atoms with Crippen molar-refractivity contribution in [2.75, 3.05) is 11.6 Å². The molecule has 24 heavy (non-hydrogen) atoms. The SMILES string of the molecule is NC(=O)C1CC(C(=O)NCCc2ccsc2)=NN1c1ccccc1. The van der Waals surface area contributed by atoms with Gasteiger partial charge in [-0.05, 0) is 40.9 Å². The van der Waals surface area contributed by atoms with Gasteiger partial charge in [0.05, 0.1) is 5.69 Å². The second-order valence-corrected chi connectivity index (χ2v) is 6.27. The molecule has 0 spiro atoms. The number of hydrogen-bond acceptors (Lipinski definition) is 5. The summed E-state index contributed by atoms with van der Waals surface area (Å²) in [5.74, 6) is -0.751. The summed E-state index contributed by atoms with van der Waals surface area (Å²) in [6.45, 7) is 0.529. The molecule has 0 aliphatic carbocycles. The van der Waals surface area contributed by atoms with Crippen molar-refractivity contribution in [1.82, 2.24) is 5.32 Å². The van der Waals surface area contributed by atoms with Gasteiger partial charge in [-0.15, -0.1) is 0 Å².